The minimum absolute atomic E-state index is 0.269. The Labute approximate surface area is 176 Å². The fourth-order valence-corrected chi connectivity index (χ4v) is 5.08. The molecule has 2 unspecified atom stereocenters. The molecule has 0 saturated heterocycles. The molecule has 6 heteroatoms. The fourth-order valence-electron chi connectivity index (χ4n) is 5.08. The summed E-state index contributed by atoms with van der Waals surface area (Å²) < 4.78 is 0. The van der Waals surface area contributed by atoms with E-state index in [2.05, 4.69) is 38.3 Å². The van der Waals surface area contributed by atoms with Crippen LogP contribution in [0.1, 0.15) is 98.3 Å². The quantitative estimate of drug-likeness (QED) is 0.416. The molecule has 2 saturated carbocycles. The van der Waals surface area contributed by atoms with E-state index in [0.29, 0.717) is 50.4 Å². The smallest absolute Gasteiger partial charge is 0.229 e. The maximum Gasteiger partial charge on any atom is 0.229 e. The van der Waals surface area contributed by atoms with Crippen molar-refractivity contribution in [2.75, 3.05) is 0 Å². The molecule has 2 aliphatic rings. The number of rotatable bonds is 10. The van der Waals surface area contributed by atoms with Crippen molar-refractivity contribution >= 4 is 11.8 Å². The molecule has 0 spiro atoms. The number of amides is 2. The third-order valence-electron chi connectivity index (χ3n) is 6.64. The maximum atomic E-state index is 12.6. The molecule has 2 amide bonds. The largest absolute Gasteiger partial charge is 0.388 e. The molecular formula is C23H42N2O4. The molecule has 0 heterocycles. The molecule has 29 heavy (non-hydrogen) atoms. The number of hydrogen-bond donors (Lipinski definition) is 4. The van der Waals surface area contributed by atoms with Crippen molar-refractivity contribution in [2.24, 2.45) is 11.8 Å². The Morgan fingerprint density at radius 2 is 1.03 bits per heavy atom. The second-order valence-corrected chi connectivity index (χ2v) is 10.3. The van der Waals surface area contributed by atoms with Crippen LogP contribution in [0.3, 0.4) is 0 Å². The molecule has 0 bridgehead atoms. The molecule has 0 aromatic heterocycles. The van der Waals surface area contributed by atoms with Gasteiger partial charge in [-0.3, -0.25) is 9.59 Å². The summed E-state index contributed by atoms with van der Waals surface area (Å²) in [5, 5.41) is 27.8. The fraction of sp³-hybridized carbons (Fsp3) is 0.913. The van der Waals surface area contributed by atoms with Crippen LogP contribution in [0.4, 0.5) is 0 Å². The summed E-state index contributed by atoms with van der Waals surface area (Å²) in [6, 6.07) is -0.647. The van der Waals surface area contributed by atoms with Gasteiger partial charge >= 0.3 is 0 Å². The molecule has 168 valence electrons. The first-order valence-corrected chi connectivity index (χ1v) is 11.6. The number of aliphatic hydroxyl groups is 2. The van der Waals surface area contributed by atoms with E-state index in [0.717, 1.165) is 25.7 Å². The maximum absolute atomic E-state index is 12.6. The van der Waals surface area contributed by atoms with Crippen molar-refractivity contribution in [3.05, 3.63) is 0 Å². The van der Waals surface area contributed by atoms with E-state index in [1.807, 2.05) is 0 Å². The van der Waals surface area contributed by atoms with E-state index in [4.69, 9.17) is 0 Å². The minimum Gasteiger partial charge on any atom is -0.388 e. The highest BCUT2D eigenvalue weighted by Gasteiger charge is 2.42. The molecule has 0 aromatic carbocycles. The van der Waals surface area contributed by atoms with Crippen molar-refractivity contribution in [3.63, 3.8) is 0 Å². The van der Waals surface area contributed by atoms with Gasteiger partial charge in [0.2, 0.25) is 11.8 Å². The van der Waals surface area contributed by atoms with Crippen LogP contribution in [0.2, 0.25) is 0 Å². The third kappa shape index (κ3) is 6.95. The van der Waals surface area contributed by atoms with Crippen LogP contribution in [-0.2, 0) is 9.59 Å². The summed E-state index contributed by atoms with van der Waals surface area (Å²) in [6.45, 7) is 8.29. The van der Waals surface area contributed by atoms with Gasteiger partial charge in [-0.25, -0.2) is 0 Å². The summed E-state index contributed by atoms with van der Waals surface area (Å²) >= 11 is 0. The molecule has 6 nitrogen and oxygen atoms in total. The van der Waals surface area contributed by atoms with Crippen LogP contribution < -0.4 is 10.6 Å². The van der Waals surface area contributed by atoms with E-state index in [1.165, 1.54) is 0 Å². The van der Waals surface area contributed by atoms with Gasteiger partial charge in [0.05, 0.1) is 23.3 Å². The van der Waals surface area contributed by atoms with Crippen LogP contribution in [0, 0.1) is 11.8 Å². The molecule has 2 rings (SSSR count). The molecule has 2 fully saturated rings. The van der Waals surface area contributed by atoms with E-state index in [-0.39, 0.29) is 30.3 Å². The lowest BCUT2D eigenvalue weighted by atomic mass is 9.86. The highest BCUT2D eigenvalue weighted by atomic mass is 16.3. The van der Waals surface area contributed by atoms with Gasteiger partial charge in [-0.1, -0.05) is 53.4 Å². The van der Waals surface area contributed by atoms with E-state index in [1.54, 1.807) is 0 Å². The first-order chi connectivity index (χ1) is 13.5. The van der Waals surface area contributed by atoms with Crippen molar-refractivity contribution < 1.29 is 19.8 Å². The van der Waals surface area contributed by atoms with Crippen LogP contribution in [-0.4, -0.2) is 45.3 Å². The molecular weight excluding hydrogens is 368 g/mol. The second kappa shape index (κ2) is 10.3. The number of carbonyl (C=O) groups is 2. The first kappa shape index (κ1) is 24.1. The van der Waals surface area contributed by atoms with E-state index >= 15 is 0 Å². The number of hydrogen-bond acceptors (Lipinski definition) is 4. The van der Waals surface area contributed by atoms with Gasteiger partial charge in [-0.2, -0.15) is 0 Å². The van der Waals surface area contributed by atoms with Crippen molar-refractivity contribution in [1.82, 2.24) is 10.6 Å². The predicted octanol–water partition coefficient (Wildman–Crippen LogP) is 3.05. The summed E-state index contributed by atoms with van der Waals surface area (Å²) in [5.74, 6) is -0.0260. The number of carbonyl (C=O) groups excluding carboxylic acids is 2. The standard InChI is InChI=1S/C23H42N2O4/c1-16(2)13-18(22(28)9-5-6-10-22)24-20(26)15-21(27)25-19(14-17(3)4)23(29)11-7-8-12-23/h16-19,28-29H,5-15H2,1-4H3,(H,24,26)(H,25,27). The first-order valence-electron chi connectivity index (χ1n) is 11.6. The average molecular weight is 411 g/mol. The zero-order valence-corrected chi connectivity index (χ0v) is 18.8. The predicted molar refractivity (Wildman–Crippen MR) is 114 cm³/mol. The highest BCUT2D eigenvalue weighted by molar-refractivity contribution is 5.97. The summed E-state index contributed by atoms with van der Waals surface area (Å²) in [7, 11) is 0. The molecule has 2 atom stereocenters. The lowest BCUT2D eigenvalue weighted by molar-refractivity contribution is -0.133. The Hall–Kier alpha value is -1.14. The zero-order valence-electron chi connectivity index (χ0n) is 18.8. The number of nitrogens with one attached hydrogen (secondary N) is 2. The summed E-state index contributed by atoms with van der Waals surface area (Å²) in [5.41, 5.74) is -1.73. The summed E-state index contributed by atoms with van der Waals surface area (Å²) in [6.07, 6.45) is 7.78. The molecule has 0 aromatic rings. The van der Waals surface area contributed by atoms with Gasteiger partial charge in [0.25, 0.3) is 0 Å². The topological polar surface area (TPSA) is 98.7 Å². The Morgan fingerprint density at radius 3 is 1.31 bits per heavy atom. The van der Waals surface area contributed by atoms with E-state index < -0.39 is 11.2 Å². The Balaban J connectivity index is 1.95. The Morgan fingerprint density at radius 1 is 0.724 bits per heavy atom. The second-order valence-electron chi connectivity index (χ2n) is 10.3. The van der Waals surface area contributed by atoms with Gasteiger partial charge in [-0.15, -0.1) is 0 Å². The van der Waals surface area contributed by atoms with Crippen molar-refractivity contribution in [1.29, 1.82) is 0 Å². The van der Waals surface area contributed by atoms with Crippen LogP contribution in [0.25, 0.3) is 0 Å². The zero-order chi connectivity index (χ0) is 21.7. The van der Waals surface area contributed by atoms with Crippen LogP contribution >= 0.6 is 0 Å². The van der Waals surface area contributed by atoms with Gasteiger partial charge in [0, 0.05) is 0 Å². The van der Waals surface area contributed by atoms with E-state index in [9.17, 15) is 19.8 Å². The normalized spacial score (nSPS) is 22.6. The van der Waals surface area contributed by atoms with Gasteiger partial charge in [-0.05, 0) is 50.4 Å². The summed E-state index contributed by atoms with van der Waals surface area (Å²) in [4.78, 5) is 25.2. The van der Waals surface area contributed by atoms with Gasteiger partial charge < -0.3 is 20.8 Å². The Bertz CT molecular complexity index is 501. The third-order valence-corrected chi connectivity index (χ3v) is 6.64. The molecule has 4 N–H and O–H groups in total. The van der Waals surface area contributed by atoms with Crippen molar-refractivity contribution in [2.45, 2.75) is 122 Å². The lowest BCUT2D eigenvalue weighted by Gasteiger charge is -2.35. The SMILES string of the molecule is CC(C)CC(NC(=O)CC(=O)NC(CC(C)C)C1(O)CCCC1)C1(O)CCCC1. The lowest BCUT2D eigenvalue weighted by Crippen LogP contribution is -2.54. The highest BCUT2D eigenvalue weighted by Crippen LogP contribution is 2.36. The Kier molecular flexibility index (Phi) is 8.53. The molecule has 0 aliphatic heterocycles. The van der Waals surface area contributed by atoms with Gasteiger partial charge in [0.1, 0.15) is 6.42 Å². The molecule has 2 aliphatic carbocycles. The van der Waals surface area contributed by atoms with Gasteiger partial charge in [0.15, 0.2) is 0 Å². The monoisotopic (exact) mass is 410 g/mol. The van der Waals surface area contributed by atoms with Crippen molar-refractivity contribution in [3.8, 4) is 0 Å². The molecule has 0 radical (unpaired) electrons. The average Bonchev–Trinajstić information content (AvgIpc) is 3.23. The van der Waals surface area contributed by atoms with Crippen LogP contribution in [0.15, 0.2) is 0 Å². The van der Waals surface area contributed by atoms with Crippen LogP contribution in [0.5, 0.6) is 0 Å². The minimum atomic E-state index is -0.865.